The third-order valence-corrected chi connectivity index (χ3v) is 5.22. The second-order valence-electron chi connectivity index (χ2n) is 5.07. The van der Waals surface area contributed by atoms with Gasteiger partial charge in [0.15, 0.2) is 0 Å². The standard InChI is InChI=1S/C16H14N2O3S/c1-11-2-6-14(7-3-11)22(20,21)18-9-8-12-4-5-13(16(17)19)10-15(12)18/h2-10H,1H3,(H2,17,19). The van der Waals surface area contributed by atoms with Crippen molar-refractivity contribution in [2.75, 3.05) is 0 Å². The monoisotopic (exact) mass is 314 g/mol. The van der Waals surface area contributed by atoms with E-state index >= 15 is 0 Å². The largest absolute Gasteiger partial charge is 0.366 e. The van der Waals surface area contributed by atoms with Crippen LogP contribution in [0.25, 0.3) is 10.9 Å². The van der Waals surface area contributed by atoms with Crippen molar-refractivity contribution >= 4 is 26.8 Å². The highest BCUT2D eigenvalue weighted by Crippen LogP contribution is 2.23. The van der Waals surface area contributed by atoms with E-state index in [1.165, 1.54) is 16.2 Å². The molecule has 3 aromatic rings. The SMILES string of the molecule is Cc1ccc(S(=O)(=O)n2ccc3ccc(C(N)=O)cc32)cc1. The first-order valence-electron chi connectivity index (χ1n) is 6.63. The number of hydrogen-bond acceptors (Lipinski definition) is 3. The number of nitrogens with zero attached hydrogens (tertiary/aromatic N) is 1. The minimum Gasteiger partial charge on any atom is -0.366 e. The Morgan fingerprint density at radius 1 is 1.05 bits per heavy atom. The van der Waals surface area contributed by atoms with E-state index in [2.05, 4.69) is 0 Å². The van der Waals surface area contributed by atoms with E-state index in [1.54, 1.807) is 42.5 Å². The number of aryl methyl sites for hydroxylation is 1. The van der Waals surface area contributed by atoms with Gasteiger partial charge in [0.2, 0.25) is 5.91 Å². The van der Waals surface area contributed by atoms with Gasteiger partial charge in [0, 0.05) is 17.1 Å². The van der Waals surface area contributed by atoms with E-state index in [0.717, 1.165) is 10.9 Å². The summed E-state index contributed by atoms with van der Waals surface area (Å²) in [5.74, 6) is -0.595. The number of carbonyl (C=O) groups excluding carboxylic acids is 1. The van der Waals surface area contributed by atoms with Gasteiger partial charge in [0.05, 0.1) is 10.4 Å². The van der Waals surface area contributed by atoms with Gasteiger partial charge < -0.3 is 5.73 Å². The van der Waals surface area contributed by atoms with Crippen molar-refractivity contribution in [3.8, 4) is 0 Å². The molecule has 0 fully saturated rings. The molecule has 0 bridgehead atoms. The van der Waals surface area contributed by atoms with Crippen LogP contribution in [0.15, 0.2) is 59.6 Å². The topological polar surface area (TPSA) is 82.2 Å². The van der Waals surface area contributed by atoms with Crippen LogP contribution >= 0.6 is 0 Å². The Kier molecular flexibility index (Phi) is 3.26. The molecule has 0 unspecified atom stereocenters. The summed E-state index contributed by atoms with van der Waals surface area (Å²) in [6, 6.07) is 13.0. The summed E-state index contributed by atoms with van der Waals surface area (Å²) in [4.78, 5) is 11.5. The molecule has 2 N–H and O–H groups in total. The maximum atomic E-state index is 12.7. The zero-order valence-corrected chi connectivity index (χ0v) is 12.7. The second-order valence-corrected chi connectivity index (χ2v) is 6.88. The van der Waals surface area contributed by atoms with Crippen LogP contribution in [-0.2, 0) is 10.0 Å². The van der Waals surface area contributed by atoms with Crippen molar-refractivity contribution in [3.63, 3.8) is 0 Å². The number of nitrogens with two attached hydrogens (primary N) is 1. The maximum Gasteiger partial charge on any atom is 0.268 e. The van der Waals surface area contributed by atoms with E-state index in [9.17, 15) is 13.2 Å². The van der Waals surface area contributed by atoms with Crippen LogP contribution in [0.5, 0.6) is 0 Å². The second kappa shape index (κ2) is 4.99. The number of fused-ring (bicyclic) bond motifs is 1. The first kappa shape index (κ1) is 14.3. The number of aromatic nitrogens is 1. The summed E-state index contributed by atoms with van der Waals surface area (Å²) >= 11 is 0. The van der Waals surface area contributed by atoms with Crippen LogP contribution < -0.4 is 5.73 Å². The lowest BCUT2D eigenvalue weighted by Gasteiger charge is -2.08. The fraction of sp³-hybridized carbons (Fsp3) is 0.0625. The van der Waals surface area contributed by atoms with Crippen LogP contribution in [0.1, 0.15) is 15.9 Å². The van der Waals surface area contributed by atoms with Gasteiger partial charge in [-0.05, 0) is 37.3 Å². The summed E-state index contributed by atoms with van der Waals surface area (Å²) < 4.78 is 26.7. The quantitative estimate of drug-likeness (QED) is 0.805. The van der Waals surface area contributed by atoms with Gasteiger partial charge in [0.1, 0.15) is 0 Å². The highest BCUT2D eigenvalue weighted by Gasteiger charge is 2.19. The number of benzene rings is 2. The molecule has 6 heteroatoms. The lowest BCUT2D eigenvalue weighted by Crippen LogP contribution is -2.13. The predicted molar refractivity (Wildman–Crippen MR) is 84.2 cm³/mol. The molecule has 1 aromatic heterocycles. The Labute approximate surface area is 128 Å². The molecular formula is C16H14N2O3S. The minimum atomic E-state index is -3.72. The van der Waals surface area contributed by atoms with Crippen LogP contribution in [0.3, 0.4) is 0 Å². The Morgan fingerprint density at radius 3 is 2.36 bits per heavy atom. The molecule has 1 heterocycles. The predicted octanol–water partition coefficient (Wildman–Crippen LogP) is 2.29. The first-order chi connectivity index (χ1) is 10.4. The molecule has 0 saturated heterocycles. The highest BCUT2D eigenvalue weighted by atomic mass is 32.2. The van der Waals surface area contributed by atoms with Crippen LogP contribution in [0.2, 0.25) is 0 Å². The Balaban J connectivity index is 2.22. The molecule has 0 aliphatic heterocycles. The molecule has 2 aromatic carbocycles. The smallest absolute Gasteiger partial charge is 0.268 e. The summed E-state index contributed by atoms with van der Waals surface area (Å²) in [6.45, 7) is 1.89. The zero-order valence-electron chi connectivity index (χ0n) is 11.9. The summed E-state index contributed by atoms with van der Waals surface area (Å²) in [6.07, 6.45) is 1.48. The minimum absolute atomic E-state index is 0.195. The summed E-state index contributed by atoms with van der Waals surface area (Å²) in [5.41, 5.74) is 6.94. The van der Waals surface area contributed by atoms with Gasteiger partial charge in [-0.1, -0.05) is 23.8 Å². The molecular weight excluding hydrogens is 300 g/mol. The van der Waals surface area contributed by atoms with Crippen molar-refractivity contribution in [2.24, 2.45) is 5.73 Å². The summed E-state index contributed by atoms with van der Waals surface area (Å²) in [5, 5.41) is 0.723. The number of carbonyl (C=O) groups is 1. The van der Waals surface area contributed by atoms with Gasteiger partial charge in [-0.25, -0.2) is 12.4 Å². The van der Waals surface area contributed by atoms with E-state index in [-0.39, 0.29) is 10.5 Å². The number of rotatable bonds is 3. The van der Waals surface area contributed by atoms with Gasteiger partial charge in [-0.3, -0.25) is 4.79 Å². The van der Waals surface area contributed by atoms with Crippen molar-refractivity contribution < 1.29 is 13.2 Å². The van der Waals surface area contributed by atoms with Gasteiger partial charge >= 0.3 is 0 Å². The first-order valence-corrected chi connectivity index (χ1v) is 8.07. The molecule has 0 aliphatic carbocycles. The molecule has 22 heavy (non-hydrogen) atoms. The number of hydrogen-bond donors (Lipinski definition) is 1. The van der Waals surface area contributed by atoms with Crippen molar-refractivity contribution in [3.05, 3.63) is 65.9 Å². The fourth-order valence-corrected chi connectivity index (χ4v) is 3.64. The molecule has 0 saturated carbocycles. The van der Waals surface area contributed by atoms with Crippen molar-refractivity contribution in [1.29, 1.82) is 0 Å². The Hall–Kier alpha value is -2.60. The number of amides is 1. The average molecular weight is 314 g/mol. The van der Waals surface area contributed by atoms with Crippen LogP contribution in [-0.4, -0.2) is 18.3 Å². The van der Waals surface area contributed by atoms with Crippen molar-refractivity contribution in [2.45, 2.75) is 11.8 Å². The molecule has 0 spiro atoms. The van der Waals surface area contributed by atoms with Gasteiger partial charge in [-0.2, -0.15) is 0 Å². The van der Waals surface area contributed by atoms with Gasteiger partial charge in [0.25, 0.3) is 10.0 Å². The van der Waals surface area contributed by atoms with E-state index in [0.29, 0.717) is 5.52 Å². The third kappa shape index (κ3) is 2.27. The molecule has 0 radical (unpaired) electrons. The fourth-order valence-electron chi connectivity index (χ4n) is 2.29. The normalized spacial score (nSPS) is 11.7. The molecule has 3 rings (SSSR count). The summed E-state index contributed by atoms with van der Waals surface area (Å²) in [7, 11) is -3.72. The molecule has 0 atom stereocenters. The maximum absolute atomic E-state index is 12.7. The average Bonchev–Trinajstić information content (AvgIpc) is 2.91. The molecule has 1 amide bonds. The lowest BCUT2D eigenvalue weighted by atomic mass is 10.1. The molecule has 5 nitrogen and oxygen atoms in total. The van der Waals surface area contributed by atoms with E-state index < -0.39 is 15.9 Å². The van der Waals surface area contributed by atoms with E-state index in [1.807, 2.05) is 6.92 Å². The van der Waals surface area contributed by atoms with Crippen LogP contribution in [0, 0.1) is 6.92 Å². The van der Waals surface area contributed by atoms with Gasteiger partial charge in [-0.15, -0.1) is 0 Å². The third-order valence-electron chi connectivity index (χ3n) is 3.52. The highest BCUT2D eigenvalue weighted by molar-refractivity contribution is 7.90. The molecule has 0 aliphatic rings. The Bertz CT molecular complexity index is 970. The zero-order chi connectivity index (χ0) is 15.9. The lowest BCUT2D eigenvalue weighted by molar-refractivity contribution is 0.100. The molecule has 112 valence electrons. The Morgan fingerprint density at radius 2 is 1.73 bits per heavy atom. The number of primary amides is 1. The van der Waals surface area contributed by atoms with Crippen LogP contribution in [0.4, 0.5) is 0 Å². The van der Waals surface area contributed by atoms with E-state index in [4.69, 9.17) is 5.73 Å². The van der Waals surface area contributed by atoms with Crippen molar-refractivity contribution in [1.82, 2.24) is 3.97 Å².